The zero-order valence-corrected chi connectivity index (χ0v) is 23.1. The van der Waals surface area contributed by atoms with Crippen molar-refractivity contribution in [3.8, 4) is 0 Å². The Morgan fingerprint density at radius 1 is 0.870 bits per heavy atom. The molecule has 0 radical (unpaired) electrons. The Morgan fingerprint density at radius 3 is 1.85 bits per heavy atom. The number of ether oxygens (including phenoxy) is 1. The van der Waals surface area contributed by atoms with Crippen molar-refractivity contribution < 1.29 is 83.2 Å². The normalized spacial score (nSPS) is 19.5. The SMILES string of the molecule is O=C(NCc1cccnc1)[C@H]1CN(Cc2ccco2)C[C@H]2OCC[C@@H]12.O=C(O)C(F)(F)F.O=C(O)C(F)(F)F.O=C(O)C(F)(F)F. The number of carboxylic acids is 3. The van der Waals surface area contributed by atoms with Gasteiger partial charge >= 0.3 is 36.4 Å². The lowest BCUT2D eigenvalue weighted by Gasteiger charge is -2.38. The Morgan fingerprint density at radius 2 is 1.41 bits per heavy atom. The molecule has 2 aliphatic rings. The summed E-state index contributed by atoms with van der Waals surface area (Å²) in [6, 6.07) is 7.72. The molecule has 12 nitrogen and oxygen atoms in total. The third-order valence-corrected chi connectivity index (χ3v) is 5.88. The maximum absolute atomic E-state index is 12.8. The molecule has 1 amide bonds. The summed E-state index contributed by atoms with van der Waals surface area (Å²) in [6.45, 7) is 3.57. The van der Waals surface area contributed by atoms with Gasteiger partial charge in [-0.15, -0.1) is 0 Å². The zero-order chi connectivity index (χ0) is 35.3. The van der Waals surface area contributed by atoms with Crippen molar-refractivity contribution >= 4 is 23.8 Å². The van der Waals surface area contributed by atoms with Crippen LogP contribution in [0.2, 0.25) is 0 Å². The number of fused-ring (bicyclic) bond motifs is 1. The van der Waals surface area contributed by atoms with E-state index in [1.165, 1.54) is 0 Å². The maximum Gasteiger partial charge on any atom is 0.490 e. The average Bonchev–Trinajstić information content (AvgIpc) is 3.64. The molecular formula is C25H26F9N3O9. The number of hydrogen-bond donors (Lipinski definition) is 4. The second-order valence-corrected chi connectivity index (χ2v) is 9.23. The van der Waals surface area contributed by atoms with Crippen LogP contribution in [0.3, 0.4) is 0 Å². The van der Waals surface area contributed by atoms with Crippen molar-refractivity contribution in [2.45, 2.75) is 44.1 Å². The summed E-state index contributed by atoms with van der Waals surface area (Å²) in [6.07, 6.45) is -8.94. The minimum Gasteiger partial charge on any atom is -0.475 e. The van der Waals surface area contributed by atoms with Crippen molar-refractivity contribution in [3.05, 3.63) is 54.2 Å². The highest BCUT2D eigenvalue weighted by molar-refractivity contribution is 5.79. The lowest BCUT2D eigenvalue weighted by atomic mass is 9.82. The molecule has 0 saturated carbocycles. The second kappa shape index (κ2) is 17.3. The minimum atomic E-state index is -5.08. The summed E-state index contributed by atoms with van der Waals surface area (Å²) in [5, 5.41) is 24.5. The van der Waals surface area contributed by atoms with E-state index in [-0.39, 0.29) is 17.9 Å². The number of carboxylic acid groups (broad SMARTS) is 3. The van der Waals surface area contributed by atoms with E-state index in [0.29, 0.717) is 19.0 Å². The van der Waals surface area contributed by atoms with Gasteiger partial charge in [-0.2, -0.15) is 39.5 Å². The van der Waals surface area contributed by atoms with Gasteiger partial charge < -0.3 is 29.8 Å². The largest absolute Gasteiger partial charge is 0.490 e. The zero-order valence-electron chi connectivity index (χ0n) is 23.1. The van der Waals surface area contributed by atoms with Crippen LogP contribution in [-0.4, -0.2) is 93.3 Å². The molecule has 4 rings (SSSR count). The van der Waals surface area contributed by atoms with E-state index >= 15 is 0 Å². The standard InChI is InChI=1S/C19H23N3O3.3C2HF3O2/c23-19(21-10-14-3-1-6-20-9-14)17-12-22(11-15-4-2-7-24-15)13-18-16(17)5-8-25-18;3*3-2(4,5)1(6)7/h1-4,6-7,9,16-18H,5,8,10-13H2,(H,21,23);3*(H,6,7)/t16-,17-,18+;;;/m0.../s1. The smallest absolute Gasteiger partial charge is 0.475 e. The van der Waals surface area contributed by atoms with Crippen LogP contribution in [0.15, 0.2) is 47.3 Å². The molecule has 0 unspecified atom stereocenters. The molecule has 0 aromatic carbocycles. The van der Waals surface area contributed by atoms with Gasteiger partial charge in [0.1, 0.15) is 5.76 Å². The Labute approximate surface area is 252 Å². The van der Waals surface area contributed by atoms with Crippen LogP contribution in [0.5, 0.6) is 0 Å². The molecule has 4 N–H and O–H groups in total. The molecular weight excluding hydrogens is 657 g/mol. The number of likely N-dealkylation sites (tertiary alicyclic amines) is 1. The number of carbonyl (C=O) groups is 4. The summed E-state index contributed by atoms with van der Waals surface area (Å²) in [5.41, 5.74) is 1.01. The van der Waals surface area contributed by atoms with Crippen LogP contribution in [0.1, 0.15) is 17.7 Å². The summed E-state index contributed by atoms with van der Waals surface area (Å²) in [4.78, 5) is 45.9. The Hall–Kier alpha value is -4.40. The Kier molecular flexibility index (Phi) is 14.9. The van der Waals surface area contributed by atoms with Gasteiger partial charge in [-0.05, 0) is 30.2 Å². The number of carbonyl (C=O) groups excluding carboxylic acids is 1. The van der Waals surface area contributed by atoms with E-state index in [4.69, 9.17) is 38.9 Å². The van der Waals surface area contributed by atoms with Gasteiger partial charge in [0.2, 0.25) is 5.91 Å². The average molecular weight is 683 g/mol. The number of piperidine rings is 1. The van der Waals surface area contributed by atoms with Gasteiger partial charge in [-0.25, -0.2) is 14.4 Å². The van der Waals surface area contributed by atoms with Gasteiger partial charge in [-0.3, -0.25) is 14.7 Å². The highest BCUT2D eigenvalue weighted by Crippen LogP contribution is 2.34. The number of pyridine rings is 1. The van der Waals surface area contributed by atoms with E-state index in [0.717, 1.165) is 37.4 Å². The molecule has 2 fully saturated rings. The predicted octanol–water partition coefficient (Wildman–Crippen LogP) is 3.73. The van der Waals surface area contributed by atoms with Gasteiger partial charge in [0.05, 0.1) is 24.8 Å². The number of nitrogens with one attached hydrogen (secondary N) is 1. The number of amides is 1. The first-order valence-electron chi connectivity index (χ1n) is 12.6. The van der Waals surface area contributed by atoms with Crippen LogP contribution in [-0.2, 0) is 37.0 Å². The van der Waals surface area contributed by atoms with Crippen LogP contribution in [0.25, 0.3) is 0 Å². The molecule has 4 heterocycles. The van der Waals surface area contributed by atoms with Crippen molar-refractivity contribution in [1.82, 2.24) is 15.2 Å². The highest BCUT2D eigenvalue weighted by atomic mass is 19.4. The fourth-order valence-corrected chi connectivity index (χ4v) is 3.91. The van der Waals surface area contributed by atoms with Crippen LogP contribution < -0.4 is 5.32 Å². The number of aromatic nitrogens is 1. The molecule has 3 atom stereocenters. The van der Waals surface area contributed by atoms with Gasteiger partial charge in [0, 0.05) is 44.6 Å². The van der Waals surface area contributed by atoms with Gasteiger partial charge in [-0.1, -0.05) is 6.07 Å². The van der Waals surface area contributed by atoms with E-state index < -0.39 is 36.4 Å². The number of nitrogens with zero attached hydrogens (tertiary/aromatic N) is 2. The van der Waals surface area contributed by atoms with Gasteiger partial charge in [0.25, 0.3) is 0 Å². The molecule has 0 spiro atoms. The minimum absolute atomic E-state index is 0.0483. The van der Waals surface area contributed by atoms with Crippen molar-refractivity contribution in [2.75, 3.05) is 19.7 Å². The van der Waals surface area contributed by atoms with E-state index in [1.807, 2.05) is 24.3 Å². The first-order valence-corrected chi connectivity index (χ1v) is 12.6. The molecule has 0 aliphatic carbocycles. The van der Waals surface area contributed by atoms with Gasteiger partial charge in [0.15, 0.2) is 0 Å². The number of rotatable bonds is 5. The van der Waals surface area contributed by atoms with Crippen molar-refractivity contribution in [2.24, 2.45) is 11.8 Å². The van der Waals surface area contributed by atoms with E-state index in [9.17, 15) is 44.3 Å². The maximum atomic E-state index is 12.8. The van der Waals surface area contributed by atoms with E-state index in [1.54, 1.807) is 18.7 Å². The number of halogens is 9. The molecule has 2 aliphatic heterocycles. The van der Waals surface area contributed by atoms with Crippen LogP contribution in [0.4, 0.5) is 39.5 Å². The summed E-state index contributed by atoms with van der Waals surface area (Å²) < 4.78 is 107. The number of alkyl halides is 9. The number of aliphatic carboxylic acids is 3. The lowest BCUT2D eigenvalue weighted by Crippen LogP contribution is -2.52. The molecule has 2 saturated heterocycles. The third kappa shape index (κ3) is 14.6. The van der Waals surface area contributed by atoms with Crippen molar-refractivity contribution in [3.63, 3.8) is 0 Å². The monoisotopic (exact) mass is 683 g/mol. The van der Waals surface area contributed by atoms with Crippen molar-refractivity contribution in [1.29, 1.82) is 0 Å². The second-order valence-electron chi connectivity index (χ2n) is 9.23. The fraction of sp³-hybridized carbons (Fsp3) is 0.480. The summed E-state index contributed by atoms with van der Waals surface area (Å²) >= 11 is 0. The molecule has 2 aromatic rings. The highest BCUT2D eigenvalue weighted by Gasteiger charge is 2.44. The van der Waals surface area contributed by atoms with E-state index in [2.05, 4.69) is 15.2 Å². The molecule has 2 aromatic heterocycles. The first-order chi connectivity index (χ1) is 21.1. The molecule has 0 bridgehead atoms. The Bertz CT molecular complexity index is 1200. The summed E-state index contributed by atoms with van der Waals surface area (Å²) in [7, 11) is 0. The fourth-order valence-electron chi connectivity index (χ4n) is 3.91. The molecule has 258 valence electrons. The van der Waals surface area contributed by atoms with Crippen LogP contribution in [0, 0.1) is 11.8 Å². The number of furan rings is 1. The topological polar surface area (TPSA) is 180 Å². The third-order valence-electron chi connectivity index (χ3n) is 5.88. The number of hydrogen-bond acceptors (Lipinski definition) is 8. The lowest BCUT2D eigenvalue weighted by molar-refractivity contribution is -0.193. The Balaban J connectivity index is 0.000000413. The summed E-state index contributed by atoms with van der Waals surface area (Å²) in [5.74, 6) is -6.98. The molecule has 46 heavy (non-hydrogen) atoms. The first kappa shape index (κ1) is 39.6. The molecule has 21 heteroatoms. The predicted molar refractivity (Wildman–Crippen MR) is 132 cm³/mol. The quantitative estimate of drug-likeness (QED) is 0.338. The van der Waals surface area contributed by atoms with Crippen LogP contribution >= 0.6 is 0 Å².